The van der Waals surface area contributed by atoms with E-state index in [2.05, 4.69) is 34.6 Å². The number of nitrogens with one attached hydrogen (secondary N) is 2. The summed E-state index contributed by atoms with van der Waals surface area (Å²) in [6, 6.07) is 20.1. The fourth-order valence-electron chi connectivity index (χ4n) is 3.61. The van der Waals surface area contributed by atoms with E-state index in [1.54, 1.807) is 13.3 Å². The zero-order valence-corrected chi connectivity index (χ0v) is 17.9. The van der Waals surface area contributed by atoms with Crippen molar-refractivity contribution in [3.63, 3.8) is 0 Å². The first-order chi connectivity index (χ1) is 15.7. The van der Waals surface area contributed by atoms with Crippen LogP contribution in [-0.2, 0) is 4.74 Å². The minimum atomic E-state index is 0.476. The van der Waals surface area contributed by atoms with Gasteiger partial charge in [0.1, 0.15) is 18.2 Å². The number of hydrogen-bond donors (Lipinski definition) is 2. The van der Waals surface area contributed by atoms with E-state index in [1.807, 2.05) is 48.5 Å². The molecule has 0 unspecified atom stereocenters. The van der Waals surface area contributed by atoms with Gasteiger partial charge in [0.25, 0.3) is 0 Å². The molecule has 0 aliphatic carbocycles. The van der Waals surface area contributed by atoms with Crippen molar-refractivity contribution in [2.75, 3.05) is 25.6 Å². The molecule has 7 nitrogen and oxygen atoms in total. The molecule has 2 N–H and O–H groups in total. The number of aryl methyl sites for hydroxylation is 1. The topological polar surface area (TPSA) is 85.0 Å². The maximum Gasteiger partial charge on any atom is 0.162 e. The Labute approximate surface area is 185 Å². The number of fused-ring (bicyclic) bond motifs is 2. The molecule has 3 aromatic carbocycles. The average molecular weight is 425 g/mol. The summed E-state index contributed by atoms with van der Waals surface area (Å²) in [7, 11) is 1.66. The molecule has 0 radical (unpaired) electrons. The second-order valence-corrected chi connectivity index (χ2v) is 7.58. The fourth-order valence-corrected chi connectivity index (χ4v) is 3.61. The first-order valence-corrected chi connectivity index (χ1v) is 10.4. The summed E-state index contributed by atoms with van der Waals surface area (Å²) in [6.45, 7) is 3.06. The number of methoxy groups -OCH3 is 1. The highest BCUT2D eigenvalue weighted by atomic mass is 16.5. The van der Waals surface area contributed by atoms with Crippen molar-refractivity contribution in [1.29, 1.82) is 0 Å². The van der Waals surface area contributed by atoms with Crippen LogP contribution in [0.4, 0.5) is 11.5 Å². The van der Waals surface area contributed by atoms with Crippen LogP contribution in [0, 0.1) is 6.92 Å². The standard InChI is InChI=1S/C25H23N5O2/c1-16-4-3-5-17(12-16)24-28-23-9-7-20(32-11-10-31-2)14-21(23)25(29-24)27-19-6-8-22-18(13-19)15-26-30-22/h3-9,12-15H,10-11H2,1-2H3,(H,26,30)(H,27,28,29). The first kappa shape index (κ1) is 20.0. The molecule has 0 amide bonds. The van der Waals surface area contributed by atoms with Crippen LogP contribution < -0.4 is 10.1 Å². The van der Waals surface area contributed by atoms with Gasteiger partial charge < -0.3 is 14.8 Å². The molecule has 2 aromatic heterocycles. The molecule has 2 heterocycles. The largest absolute Gasteiger partial charge is 0.491 e. The molecule has 0 saturated heterocycles. The lowest BCUT2D eigenvalue weighted by atomic mass is 10.1. The van der Waals surface area contributed by atoms with Crippen molar-refractivity contribution in [1.82, 2.24) is 20.2 Å². The minimum Gasteiger partial charge on any atom is -0.491 e. The Morgan fingerprint density at radius 2 is 1.91 bits per heavy atom. The highest BCUT2D eigenvalue weighted by molar-refractivity contribution is 5.94. The highest BCUT2D eigenvalue weighted by Gasteiger charge is 2.12. The van der Waals surface area contributed by atoms with E-state index < -0.39 is 0 Å². The van der Waals surface area contributed by atoms with Crippen LogP contribution in [0.15, 0.2) is 66.9 Å². The summed E-state index contributed by atoms with van der Waals surface area (Å²) >= 11 is 0. The van der Waals surface area contributed by atoms with Gasteiger partial charge in [-0.3, -0.25) is 5.10 Å². The van der Waals surface area contributed by atoms with E-state index in [0.717, 1.165) is 44.4 Å². The number of rotatable bonds is 7. The van der Waals surface area contributed by atoms with Gasteiger partial charge in [0, 0.05) is 29.1 Å². The van der Waals surface area contributed by atoms with Crippen molar-refractivity contribution in [3.05, 3.63) is 72.4 Å². The Morgan fingerprint density at radius 1 is 0.969 bits per heavy atom. The normalized spacial score (nSPS) is 11.2. The fraction of sp³-hybridized carbons (Fsp3) is 0.160. The number of aromatic amines is 1. The number of nitrogens with zero attached hydrogens (tertiary/aromatic N) is 3. The highest BCUT2D eigenvalue weighted by Crippen LogP contribution is 2.31. The van der Waals surface area contributed by atoms with Crippen molar-refractivity contribution >= 4 is 33.3 Å². The van der Waals surface area contributed by atoms with Crippen LogP contribution in [0.5, 0.6) is 5.75 Å². The predicted octanol–water partition coefficient (Wildman–Crippen LogP) is 5.25. The lowest BCUT2D eigenvalue weighted by Gasteiger charge is -2.13. The number of aromatic nitrogens is 4. The molecular formula is C25H23N5O2. The average Bonchev–Trinajstić information content (AvgIpc) is 3.27. The number of anilines is 2. The molecule has 0 bridgehead atoms. The summed E-state index contributed by atoms with van der Waals surface area (Å²) in [5.41, 5.74) is 4.87. The van der Waals surface area contributed by atoms with Gasteiger partial charge in [-0.05, 0) is 49.4 Å². The van der Waals surface area contributed by atoms with E-state index >= 15 is 0 Å². The number of hydrogen-bond acceptors (Lipinski definition) is 6. The van der Waals surface area contributed by atoms with Crippen LogP contribution in [0.3, 0.4) is 0 Å². The van der Waals surface area contributed by atoms with Crippen molar-refractivity contribution in [2.24, 2.45) is 0 Å². The predicted molar refractivity (Wildman–Crippen MR) is 126 cm³/mol. The lowest BCUT2D eigenvalue weighted by Crippen LogP contribution is -2.04. The van der Waals surface area contributed by atoms with Crippen molar-refractivity contribution in [3.8, 4) is 17.1 Å². The molecule has 32 heavy (non-hydrogen) atoms. The summed E-state index contributed by atoms with van der Waals surface area (Å²) in [5, 5.41) is 12.5. The summed E-state index contributed by atoms with van der Waals surface area (Å²) < 4.78 is 10.9. The Morgan fingerprint density at radius 3 is 2.78 bits per heavy atom. The summed E-state index contributed by atoms with van der Waals surface area (Å²) in [5.74, 6) is 2.13. The number of benzene rings is 3. The second kappa shape index (κ2) is 8.64. The molecule has 160 valence electrons. The molecule has 7 heteroatoms. The smallest absolute Gasteiger partial charge is 0.162 e. The van der Waals surface area contributed by atoms with E-state index in [0.29, 0.717) is 24.9 Å². The Hall–Kier alpha value is -3.97. The van der Waals surface area contributed by atoms with Gasteiger partial charge in [0.05, 0.1) is 23.8 Å². The maximum atomic E-state index is 5.82. The third-order valence-corrected chi connectivity index (χ3v) is 5.20. The minimum absolute atomic E-state index is 0.476. The summed E-state index contributed by atoms with van der Waals surface area (Å²) in [4.78, 5) is 9.71. The van der Waals surface area contributed by atoms with E-state index in [1.165, 1.54) is 0 Å². The van der Waals surface area contributed by atoms with Crippen LogP contribution in [0.2, 0.25) is 0 Å². The van der Waals surface area contributed by atoms with Gasteiger partial charge in [-0.1, -0.05) is 23.8 Å². The van der Waals surface area contributed by atoms with E-state index in [-0.39, 0.29) is 0 Å². The van der Waals surface area contributed by atoms with E-state index in [4.69, 9.17) is 19.4 Å². The van der Waals surface area contributed by atoms with Crippen LogP contribution in [-0.4, -0.2) is 40.5 Å². The molecule has 0 aliphatic rings. The van der Waals surface area contributed by atoms with Gasteiger partial charge in [-0.15, -0.1) is 0 Å². The molecule has 5 rings (SSSR count). The third kappa shape index (κ3) is 4.10. The van der Waals surface area contributed by atoms with Crippen molar-refractivity contribution in [2.45, 2.75) is 6.92 Å². The van der Waals surface area contributed by atoms with Gasteiger partial charge in [-0.2, -0.15) is 5.10 Å². The van der Waals surface area contributed by atoms with Crippen LogP contribution >= 0.6 is 0 Å². The van der Waals surface area contributed by atoms with Gasteiger partial charge in [-0.25, -0.2) is 9.97 Å². The Kier molecular flexibility index (Phi) is 5.39. The molecule has 5 aromatic rings. The monoisotopic (exact) mass is 425 g/mol. The number of ether oxygens (including phenoxy) is 2. The Balaban J connectivity index is 1.60. The van der Waals surface area contributed by atoms with Gasteiger partial charge in [0.15, 0.2) is 5.82 Å². The van der Waals surface area contributed by atoms with Crippen LogP contribution in [0.1, 0.15) is 5.56 Å². The molecule has 0 saturated carbocycles. The second-order valence-electron chi connectivity index (χ2n) is 7.58. The third-order valence-electron chi connectivity index (χ3n) is 5.20. The molecule has 0 atom stereocenters. The molecule has 0 fully saturated rings. The zero-order valence-electron chi connectivity index (χ0n) is 17.9. The molecule has 0 aliphatic heterocycles. The van der Waals surface area contributed by atoms with Gasteiger partial charge in [0.2, 0.25) is 0 Å². The first-order valence-electron chi connectivity index (χ1n) is 10.4. The van der Waals surface area contributed by atoms with Crippen molar-refractivity contribution < 1.29 is 9.47 Å². The Bertz CT molecular complexity index is 1400. The van der Waals surface area contributed by atoms with Crippen LogP contribution in [0.25, 0.3) is 33.2 Å². The lowest BCUT2D eigenvalue weighted by molar-refractivity contribution is 0.146. The van der Waals surface area contributed by atoms with E-state index in [9.17, 15) is 0 Å². The zero-order chi connectivity index (χ0) is 21.9. The number of H-pyrrole nitrogens is 1. The molecular weight excluding hydrogens is 402 g/mol. The maximum absolute atomic E-state index is 5.82. The summed E-state index contributed by atoms with van der Waals surface area (Å²) in [6.07, 6.45) is 1.80. The van der Waals surface area contributed by atoms with Gasteiger partial charge >= 0.3 is 0 Å². The quantitative estimate of drug-likeness (QED) is 0.347. The SMILES string of the molecule is COCCOc1ccc2nc(-c3cccc(C)c3)nc(Nc3ccc4[nH]ncc4c3)c2c1. The molecule has 0 spiro atoms.